The summed E-state index contributed by atoms with van der Waals surface area (Å²) >= 11 is 0. The molecule has 0 aliphatic carbocycles. The first kappa shape index (κ1) is 10.5. The fourth-order valence-electron chi connectivity index (χ4n) is 0.959. The normalized spacial score (nSPS) is 10.1. The predicted molar refractivity (Wildman–Crippen MR) is 47.2 cm³/mol. The highest BCUT2D eigenvalue weighted by Crippen LogP contribution is 2.26. The molecular formula is C7H11N3O4. The Morgan fingerprint density at radius 2 is 2.43 bits per heavy atom. The van der Waals surface area contributed by atoms with Gasteiger partial charge in [-0.05, 0) is 6.92 Å². The molecule has 0 aromatic carbocycles. The van der Waals surface area contributed by atoms with Gasteiger partial charge in [0.05, 0.1) is 11.5 Å². The molecule has 1 aromatic rings. The van der Waals surface area contributed by atoms with Crippen LogP contribution in [0.2, 0.25) is 0 Å². The fourth-order valence-corrected chi connectivity index (χ4v) is 0.959. The summed E-state index contributed by atoms with van der Waals surface area (Å²) in [5, 5.41) is 25.1. The van der Waals surface area contributed by atoms with Gasteiger partial charge in [-0.3, -0.25) is 10.1 Å². The number of hydrogen-bond donors (Lipinski definition) is 2. The van der Waals surface area contributed by atoms with Crippen LogP contribution in [0.3, 0.4) is 0 Å². The Bertz CT molecular complexity index is 323. The summed E-state index contributed by atoms with van der Waals surface area (Å²) in [4.78, 5) is 10.0. The number of aliphatic hydroxyl groups excluding tert-OH is 1. The van der Waals surface area contributed by atoms with E-state index in [4.69, 9.17) is 9.84 Å². The van der Waals surface area contributed by atoms with Gasteiger partial charge >= 0.3 is 5.69 Å². The third-order valence-corrected chi connectivity index (χ3v) is 1.61. The van der Waals surface area contributed by atoms with Crippen LogP contribution in [0.1, 0.15) is 12.1 Å². The Labute approximate surface area is 79.8 Å². The molecule has 0 unspecified atom stereocenters. The van der Waals surface area contributed by atoms with Crippen molar-refractivity contribution in [3.8, 4) is 5.88 Å². The van der Waals surface area contributed by atoms with Gasteiger partial charge in [-0.25, -0.2) is 5.10 Å². The molecule has 0 atom stereocenters. The van der Waals surface area contributed by atoms with Gasteiger partial charge in [0.1, 0.15) is 5.69 Å². The number of nitrogens with one attached hydrogen (secondary N) is 1. The van der Waals surface area contributed by atoms with Crippen molar-refractivity contribution in [2.75, 3.05) is 13.2 Å². The molecule has 1 aromatic heterocycles. The van der Waals surface area contributed by atoms with Crippen LogP contribution in [0.15, 0.2) is 0 Å². The number of aromatic nitrogens is 2. The monoisotopic (exact) mass is 201 g/mol. The Kier molecular flexibility index (Phi) is 3.41. The number of rotatable bonds is 5. The van der Waals surface area contributed by atoms with E-state index in [9.17, 15) is 10.1 Å². The number of aromatic amines is 1. The van der Waals surface area contributed by atoms with Gasteiger partial charge in [0.15, 0.2) is 0 Å². The molecule has 14 heavy (non-hydrogen) atoms. The number of nitro groups is 1. The van der Waals surface area contributed by atoms with Gasteiger partial charge in [0.2, 0.25) is 0 Å². The number of aliphatic hydroxyl groups is 1. The van der Waals surface area contributed by atoms with E-state index < -0.39 is 4.92 Å². The minimum atomic E-state index is -0.548. The molecule has 1 rings (SSSR count). The van der Waals surface area contributed by atoms with E-state index in [1.807, 2.05) is 0 Å². The quantitative estimate of drug-likeness (QED) is 0.407. The molecule has 0 radical (unpaired) electrons. The molecule has 1 heterocycles. The largest absolute Gasteiger partial charge is 0.473 e. The zero-order chi connectivity index (χ0) is 10.6. The van der Waals surface area contributed by atoms with Crippen LogP contribution < -0.4 is 4.74 Å². The Morgan fingerprint density at radius 3 is 3.00 bits per heavy atom. The van der Waals surface area contributed by atoms with Gasteiger partial charge in [-0.2, -0.15) is 5.10 Å². The van der Waals surface area contributed by atoms with Gasteiger partial charge in [-0.1, -0.05) is 0 Å². The van der Waals surface area contributed by atoms with Crippen molar-refractivity contribution in [3.63, 3.8) is 0 Å². The number of nitrogens with zero attached hydrogens (tertiary/aromatic N) is 2. The molecule has 0 amide bonds. The third kappa shape index (κ3) is 2.19. The number of hydrogen-bond acceptors (Lipinski definition) is 5. The average molecular weight is 201 g/mol. The third-order valence-electron chi connectivity index (χ3n) is 1.61. The first-order valence-corrected chi connectivity index (χ1v) is 4.09. The zero-order valence-electron chi connectivity index (χ0n) is 7.69. The van der Waals surface area contributed by atoms with E-state index in [1.54, 1.807) is 0 Å². The highest BCUT2D eigenvalue weighted by atomic mass is 16.6. The second-order valence-electron chi connectivity index (χ2n) is 2.67. The Hall–Kier alpha value is -1.63. The van der Waals surface area contributed by atoms with Gasteiger partial charge in [0.25, 0.3) is 5.88 Å². The maximum atomic E-state index is 10.6. The second-order valence-corrected chi connectivity index (χ2v) is 2.67. The summed E-state index contributed by atoms with van der Waals surface area (Å²) in [5.74, 6) is 0.0425. The van der Waals surface area contributed by atoms with Crippen LogP contribution in [0.4, 0.5) is 5.69 Å². The van der Waals surface area contributed by atoms with E-state index in [0.717, 1.165) is 0 Å². The van der Waals surface area contributed by atoms with Crippen LogP contribution in [0.25, 0.3) is 0 Å². The second kappa shape index (κ2) is 4.56. The van der Waals surface area contributed by atoms with Gasteiger partial charge in [0, 0.05) is 13.0 Å². The molecule has 0 spiro atoms. The molecule has 0 aliphatic rings. The number of ether oxygens (including phenoxy) is 1. The summed E-state index contributed by atoms with van der Waals surface area (Å²) in [5.41, 5.74) is 0.136. The van der Waals surface area contributed by atoms with Crippen molar-refractivity contribution in [2.45, 2.75) is 13.3 Å². The average Bonchev–Trinajstić information content (AvgIpc) is 2.47. The summed E-state index contributed by atoms with van der Waals surface area (Å²) < 4.78 is 5.04. The molecule has 2 N–H and O–H groups in total. The lowest BCUT2D eigenvalue weighted by atomic mass is 10.4. The molecule has 0 saturated carbocycles. The lowest BCUT2D eigenvalue weighted by molar-refractivity contribution is -0.386. The molecule has 78 valence electrons. The van der Waals surface area contributed by atoms with E-state index >= 15 is 0 Å². The maximum Gasteiger partial charge on any atom is 0.353 e. The van der Waals surface area contributed by atoms with Gasteiger partial charge in [-0.15, -0.1) is 0 Å². The van der Waals surface area contributed by atoms with E-state index in [2.05, 4.69) is 10.2 Å². The summed E-state index contributed by atoms with van der Waals surface area (Å²) in [6.07, 6.45) is 0.426. The molecule has 0 aliphatic heterocycles. The van der Waals surface area contributed by atoms with Crippen molar-refractivity contribution in [1.82, 2.24) is 10.2 Å². The molecule has 7 heteroatoms. The van der Waals surface area contributed by atoms with Crippen molar-refractivity contribution in [3.05, 3.63) is 15.8 Å². The van der Waals surface area contributed by atoms with Crippen molar-refractivity contribution < 1.29 is 14.8 Å². The zero-order valence-corrected chi connectivity index (χ0v) is 7.69. The maximum absolute atomic E-state index is 10.6. The standard InChI is InChI=1S/C7H11N3O4/c1-5-6(10(12)13)7(9-8-5)14-4-2-3-11/h11H,2-4H2,1H3,(H,8,9). The van der Waals surface area contributed by atoms with E-state index in [-0.39, 0.29) is 30.5 Å². The highest BCUT2D eigenvalue weighted by Gasteiger charge is 2.22. The first-order chi connectivity index (χ1) is 6.66. The van der Waals surface area contributed by atoms with E-state index in [0.29, 0.717) is 6.42 Å². The Balaban J connectivity index is 2.71. The summed E-state index contributed by atoms with van der Waals surface area (Å²) in [6.45, 7) is 1.73. The highest BCUT2D eigenvalue weighted by molar-refractivity contribution is 5.44. The van der Waals surface area contributed by atoms with E-state index in [1.165, 1.54) is 6.92 Å². The lowest BCUT2D eigenvalue weighted by Crippen LogP contribution is -2.02. The molecule has 0 saturated heterocycles. The summed E-state index contributed by atoms with van der Waals surface area (Å²) in [6, 6.07) is 0. The number of H-pyrrole nitrogens is 1. The van der Waals surface area contributed by atoms with Crippen LogP contribution >= 0.6 is 0 Å². The first-order valence-electron chi connectivity index (χ1n) is 4.09. The molecular weight excluding hydrogens is 190 g/mol. The fraction of sp³-hybridized carbons (Fsp3) is 0.571. The van der Waals surface area contributed by atoms with Crippen LogP contribution in [0.5, 0.6) is 5.88 Å². The SMILES string of the molecule is Cc1n[nH]c(OCCCO)c1[N+](=O)[O-]. The van der Waals surface area contributed by atoms with Crippen LogP contribution in [-0.2, 0) is 0 Å². The lowest BCUT2D eigenvalue weighted by Gasteiger charge is -2.00. The molecule has 7 nitrogen and oxygen atoms in total. The van der Waals surface area contributed by atoms with Crippen molar-refractivity contribution in [1.29, 1.82) is 0 Å². The van der Waals surface area contributed by atoms with Gasteiger partial charge < -0.3 is 9.84 Å². The minimum Gasteiger partial charge on any atom is -0.473 e. The summed E-state index contributed by atoms with van der Waals surface area (Å²) in [7, 11) is 0. The molecule has 0 fully saturated rings. The van der Waals surface area contributed by atoms with Crippen molar-refractivity contribution >= 4 is 5.69 Å². The predicted octanol–water partition coefficient (Wildman–Crippen LogP) is 0.388. The Morgan fingerprint density at radius 1 is 1.71 bits per heavy atom. The van der Waals surface area contributed by atoms with Crippen LogP contribution in [0, 0.1) is 17.0 Å². The topological polar surface area (TPSA) is 101 Å². The van der Waals surface area contributed by atoms with Crippen molar-refractivity contribution in [2.24, 2.45) is 0 Å². The molecule has 0 bridgehead atoms. The van der Waals surface area contributed by atoms with Crippen LogP contribution in [-0.4, -0.2) is 33.4 Å². The minimum absolute atomic E-state index is 0.0130. The number of aryl methyl sites for hydroxylation is 1. The smallest absolute Gasteiger partial charge is 0.353 e.